The third kappa shape index (κ3) is 5.69. The van der Waals surface area contributed by atoms with Crippen molar-refractivity contribution in [3.8, 4) is 0 Å². The summed E-state index contributed by atoms with van der Waals surface area (Å²) in [5.74, 6) is 1.40. The van der Waals surface area contributed by atoms with E-state index >= 15 is 0 Å². The lowest BCUT2D eigenvalue weighted by molar-refractivity contribution is -0.128. The highest BCUT2D eigenvalue weighted by molar-refractivity contribution is 8.00. The van der Waals surface area contributed by atoms with Crippen LogP contribution in [0.2, 0.25) is 0 Å². The molecule has 2 saturated heterocycles. The van der Waals surface area contributed by atoms with Gasteiger partial charge in [0.25, 0.3) is 5.91 Å². The van der Waals surface area contributed by atoms with Crippen molar-refractivity contribution in [3.63, 3.8) is 0 Å². The Hall–Kier alpha value is -3.29. The quantitative estimate of drug-likeness (QED) is 0.490. The number of carbonyl (C=O) groups is 2. The average Bonchev–Trinajstić information content (AvgIpc) is 3.55. The maximum absolute atomic E-state index is 13.1. The number of carbonyl (C=O) groups excluding carboxylic acids is 2. The van der Waals surface area contributed by atoms with Crippen molar-refractivity contribution in [3.05, 3.63) is 102 Å². The standard InChI is InChI=1S/C28H29N3O3S/c32-26-21-35-28(31(26)20-25-9-5-19-34-25)24-12-10-23(11-13-24)27(33)30-17-15-29(16-18-30)14-4-8-22-6-2-1-3-7-22/h1-13,19,28H,14-18,20-21H2/b8-4+/t28-/m0/s1. The lowest BCUT2D eigenvalue weighted by atomic mass is 10.1. The molecule has 0 saturated carbocycles. The molecule has 3 heterocycles. The summed E-state index contributed by atoms with van der Waals surface area (Å²) in [6.07, 6.45) is 5.96. The van der Waals surface area contributed by atoms with Crippen molar-refractivity contribution in [2.45, 2.75) is 11.9 Å². The molecule has 2 aliphatic rings. The van der Waals surface area contributed by atoms with Gasteiger partial charge in [0.1, 0.15) is 11.1 Å². The zero-order chi connectivity index (χ0) is 24.0. The molecule has 1 aromatic heterocycles. The van der Waals surface area contributed by atoms with Crippen molar-refractivity contribution < 1.29 is 14.0 Å². The van der Waals surface area contributed by atoms with Gasteiger partial charge in [-0.1, -0.05) is 54.6 Å². The summed E-state index contributed by atoms with van der Waals surface area (Å²) in [5, 5.41) is -0.0655. The van der Waals surface area contributed by atoms with Crippen LogP contribution in [0.5, 0.6) is 0 Å². The van der Waals surface area contributed by atoms with E-state index in [4.69, 9.17) is 4.42 Å². The normalized spacial score (nSPS) is 19.1. The van der Waals surface area contributed by atoms with Crippen molar-refractivity contribution in [1.82, 2.24) is 14.7 Å². The van der Waals surface area contributed by atoms with E-state index < -0.39 is 0 Å². The van der Waals surface area contributed by atoms with Crippen LogP contribution in [0.4, 0.5) is 0 Å². The first-order valence-corrected chi connectivity index (χ1v) is 13.0. The second-order valence-electron chi connectivity index (χ2n) is 8.79. The van der Waals surface area contributed by atoms with E-state index in [1.807, 2.05) is 64.4 Å². The van der Waals surface area contributed by atoms with Gasteiger partial charge in [0.2, 0.25) is 5.91 Å². The van der Waals surface area contributed by atoms with E-state index in [-0.39, 0.29) is 17.2 Å². The number of hydrogen-bond acceptors (Lipinski definition) is 5. The zero-order valence-corrected chi connectivity index (χ0v) is 20.4. The minimum atomic E-state index is -0.0655. The topological polar surface area (TPSA) is 57.0 Å². The monoisotopic (exact) mass is 487 g/mol. The van der Waals surface area contributed by atoms with Gasteiger partial charge in [-0.25, -0.2) is 0 Å². The molecule has 0 N–H and O–H groups in total. The van der Waals surface area contributed by atoms with Crippen molar-refractivity contribution in [2.75, 3.05) is 38.5 Å². The first kappa shape index (κ1) is 23.5. The molecule has 6 nitrogen and oxygen atoms in total. The van der Waals surface area contributed by atoms with Gasteiger partial charge in [-0.05, 0) is 35.4 Å². The first-order chi connectivity index (χ1) is 17.2. The minimum absolute atomic E-state index is 0.0655. The molecular formula is C28H29N3O3S. The Morgan fingerprint density at radius 2 is 1.74 bits per heavy atom. The molecule has 35 heavy (non-hydrogen) atoms. The highest BCUT2D eigenvalue weighted by atomic mass is 32.2. The van der Waals surface area contributed by atoms with Crippen LogP contribution < -0.4 is 0 Å². The average molecular weight is 488 g/mol. The Labute approximate surface area is 210 Å². The molecule has 0 unspecified atom stereocenters. The van der Waals surface area contributed by atoms with E-state index in [1.165, 1.54) is 5.56 Å². The summed E-state index contributed by atoms with van der Waals surface area (Å²) < 4.78 is 5.43. The fourth-order valence-electron chi connectivity index (χ4n) is 4.48. The fourth-order valence-corrected chi connectivity index (χ4v) is 5.67. The zero-order valence-electron chi connectivity index (χ0n) is 19.6. The van der Waals surface area contributed by atoms with Crippen LogP contribution in [-0.2, 0) is 11.3 Å². The molecule has 3 aromatic rings. The van der Waals surface area contributed by atoms with Gasteiger partial charge in [-0.3, -0.25) is 14.5 Å². The van der Waals surface area contributed by atoms with Crippen LogP contribution in [0.25, 0.3) is 6.08 Å². The van der Waals surface area contributed by atoms with E-state index in [0.717, 1.165) is 44.0 Å². The molecule has 1 atom stereocenters. The molecular weight excluding hydrogens is 458 g/mol. The Bertz CT molecular complexity index is 1150. The second-order valence-corrected chi connectivity index (χ2v) is 9.86. The molecule has 180 valence electrons. The SMILES string of the molecule is O=C(c1ccc([C@@H]2SCC(=O)N2Cc2ccco2)cc1)N1CCN(C/C=C/c2ccccc2)CC1. The Morgan fingerprint density at radius 3 is 2.46 bits per heavy atom. The molecule has 7 heteroatoms. The van der Waals surface area contributed by atoms with E-state index in [9.17, 15) is 9.59 Å². The van der Waals surface area contributed by atoms with Gasteiger partial charge >= 0.3 is 0 Å². The van der Waals surface area contributed by atoms with Gasteiger partial charge in [0.15, 0.2) is 0 Å². The second kappa shape index (κ2) is 11.0. The number of benzene rings is 2. The molecule has 5 rings (SSSR count). The van der Waals surface area contributed by atoms with Crippen LogP contribution in [0.15, 0.2) is 83.5 Å². The number of hydrogen-bond donors (Lipinski definition) is 0. The van der Waals surface area contributed by atoms with Crippen LogP contribution in [-0.4, -0.2) is 65.0 Å². The third-order valence-electron chi connectivity index (χ3n) is 6.45. The summed E-state index contributed by atoms with van der Waals surface area (Å²) in [6.45, 7) is 4.53. The first-order valence-electron chi connectivity index (χ1n) is 11.9. The summed E-state index contributed by atoms with van der Waals surface area (Å²) in [7, 11) is 0. The summed E-state index contributed by atoms with van der Waals surface area (Å²) in [6, 6.07) is 21.7. The molecule has 0 bridgehead atoms. The maximum atomic E-state index is 13.1. The predicted octanol–water partition coefficient (Wildman–Crippen LogP) is 4.53. The van der Waals surface area contributed by atoms with Crippen LogP contribution in [0.1, 0.15) is 32.6 Å². The van der Waals surface area contributed by atoms with Crippen LogP contribution in [0.3, 0.4) is 0 Å². The van der Waals surface area contributed by atoms with Crippen LogP contribution >= 0.6 is 11.8 Å². The molecule has 2 aliphatic heterocycles. The number of amides is 2. The van der Waals surface area contributed by atoms with E-state index in [0.29, 0.717) is 17.9 Å². The highest BCUT2D eigenvalue weighted by Gasteiger charge is 2.33. The van der Waals surface area contributed by atoms with Crippen LogP contribution in [0, 0.1) is 0 Å². The van der Waals surface area contributed by atoms with Gasteiger partial charge in [0.05, 0.1) is 18.6 Å². The van der Waals surface area contributed by atoms with Crippen molar-refractivity contribution >= 4 is 29.7 Å². The fraction of sp³-hybridized carbons (Fsp3) is 0.286. The Morgan fingerprint density at radius 1 is 0.971 bits per heavy atom. The van der Waals surface area contributed by atoms with Gasteiger partial charge in [0, 0.05) is 38.3 Å². The van der Waals surface area contributed by atoms with E-state index in [2.05, 4.69) is 29.2 Å². The summed E-state index contributed by atoms with van der Waals surface area (Å²) in [5.41, 5.74) is 2.92. The third-order valence-corrected chi connectivity index (χ3v) is 7.71. The molecule has 2 aromatic carbocycles. The van der Waals surface area contributed by atoms with E-state index in [1.54, 1.807) is 18.0 Å². The molecule has 0 aliphatic carbocycles. The minimum Gasteiger partial charge on any atom is -0.467 e. The molecule has 2 fully saturated rings. The van der Waals surface area contributed by atoms with Gasteiger partial charge < -0.3 is 14.2 Å². The Balaban J connectivity index is 1.14. The number of furan rings is 1. The molecule has 0 spiro atoms. The van der Waals surface area contributed by atoms with Crippen molar-refractivity contribution in [2.24, 2.45) is 0 Å². The molecule has 0 radical (unpaired) electrons. The number of piperazine rings is 1. The smallest absolute Gasteiger partial charge is 0.253 e. The predicted molar refractivity (Wildman–Crippen MR) is 139 cm³/mol. The van der Waals surface area contributed by atoms with Crippen molar-refractivity contribution in [1.29, 1.82) is 0 Å². The Kier molecular flexibility index (Phi) is 7.35. The van der Waals surface area contributed by atoms with Gasteiger partial charge in [-0.15, -0.1) is 11.8 Å². The van der Waals surface area contributed by atoms with Gasteiger partial charge in [-0.2, -0.15) is 0 Å². The molecule has 2 amide bonds. The maximum Gasteiger partial charge on any atom is 0.253 e. The number of rotatable bonds is 7. The highest BCUT2D eigenvalue weighted by Crippen LogP contribution is 2.39. The largest absolute Gasteiger partial charge is 0.467 e. The number of nitrogens with zero attached hydrogens (tertiary/aromatic N) is 3. The summed E-state index contributed by atoms with van der Waals surface area (Å²) in [4.78, 5) is 31.6. The number of thioether (sulfide) groups is 1. The lowest BCUT2D eigenvalue weighted by Gasteiger charge is -2.34. The summed E-state index contributed by atoms with van der Waals surface area (Å²) >= 11 is 1.61. The lowest BCUT2D eigenvalue weighted by Crippen LogP contribution is -2.48.